The lowest BCUT2D eigenvalue weighted by Crippen LogP contribution is -2.30. The number of benzene rings is 2. The molecule has 2 aromatic heterocycles. The molecule has 0 aliphatic carbocycles. The van der Waals surface area contributed by atoms with Crippen molar-refractivity contribution in [3.63, 3.8) is 0 Å². The normalized spacial score (nSPS) is 12.0. The monoisotopic (exact) mass is 400 g/mol. The average molecular weight is 400 g/mol. The van der Waals surface area contributed by atoms with Crippen LogP contribution in [0.1, 0.15) is 11.1 Å². The molecule has 0 aliphatic heterocycles. The molecule has 4 aromatic rings. The van der Waals surface area contributed by atoms with Crippen LogP contribution in [0.15, 0.2) is 73.2 Å². The van der Waals surface area contributed by atoms with Crippen LogP contribution in [-0.2, 0) is 17.6 Å². The predicted octanol–water partition coefficient (Wildman–Crippen LogP) is 3.21. The molecule has 2 heterocycles. The Hall–Kier alpha value is -3.64. The van der Waals surface area contributed by atoms with Gasteiger partial charge in [0.25, 0.3) is 0 Å². The van der Waals surface area contributed by atoms with Gasteiger partial charge in [0.1, 0.15) is 12.4 Å². The fraction of sp³-hybridized carbons (Fsp3) is 0.167. The molecule has 0 fully saturated rings. The summed E-state index contributed by atoms with van der Waals surface area (Å²) in [5, 5.41) is 1.19. The Morgan fingerprint density at radius 3 is 2.80 bits per heavy atom. The quantitative estimate of drug-likeness (QED) is 0.422. The smallest absolute Gasteiger partial charge is 0.221 e. The molecule has 152 valence electrons. The first-order valence-corrected chi connectivity index (χ1v) is 9.84. The highest BCUT2D eigenvalue weighted by Gasteiger charge is 2.10. The summed E-state index contributed by atoms with van der Waals surface area (Å²) >= 11 is 0. The van der Waals surface area contributed by atoms with Crippen LogP contribution in [0.3, 0.4) is 0 Å². The Morgan fingerprint density at radius 2 is 1.93 bits per heavy atom. The summed E-state index contributed by atoms with van der Waals surface area (Å²) in [6.45, 7) is 0.381. The van der Waals surface area contributed by atoms with Gasteiger partial charge in [-0.05, 0) is 35.2 Å². The van der Waals surface area contributed by atoms with Crippen LogP contribution < -0.4 is 16.2 Å². The largest absolute Gasteiger partial charge is 0.490 e. The van der Waals surface area contributed by atoms with Crippen molar-refractivity contribution in [3.8, 4) is 16.9 Å². The second-order valence-electron chi connectivity index (χ2n) is 7.39. The third-order valence-corrected chi connectivity index (χ3v) is 4.97. The van der Waals surface area contributed by atoms with Gasteiger partial charge in [-0.2, -0.15) is 0 Å². The van der Waals surface area contributed by atoms with Crippen molar-refractivity contribution in [2.24, 2.45) is 11.5 Å². The zero-order valence-corrected chi connectivity index (χ0v) is 16.5. The SMILES string of the molecule is NC(=O)Cc1cccc(-c2cncc(OC[C@@H](N)Cc3c[nH]c4ccccc34)c2)c1. The Labute approximate surface area is 174 Å². The minimum atomic E-state index is -0.355. The maximum Gasteiger partial charge on any atom is 0.221 e. The minimum absolute atomic E-state index is 0.147. The molecule has 0 aliphatic rings. The summed E-state index contributed by atoms with van der Waals surface area (Å²) in [4.78, 5) is 18.7. The first-order chi connectivity index (χ1) is 14.6. The van der Waals surface area contributed by atoms with Crippen molar-refractivity contribution in [1.82, 2.24) is 9.97 Å². The lowest BCUT2D eigenvalue weighted by Gasteiger charge is -2.13. The van der Waals surface area contributed by atoms with E-state index in [4.69, 9.17) is 16.2 Å². The van der Waals surface area contributed by atoms with Crippen LogP contribution in [0.4, 0.5) is 0 Å². The van der Waals surface area contributed by atoms with Gasteiger partial charge in [-0.15, -0.1) is 0 Å². The number of H-pyrrole nitrogens is 1. The van der Waals surface area contributed by atoms with Crippen molar-refractivity contribution < 1.29 is 9.53 Å². The highest BCUT2D eigenvalue weighted by atomic mass is 16.5. The second-order valence-corrected chi connectivity index (χ2v) is 7.39. The lowest BCUT2D eigenvalue weighted by atomic mass is 10.0. The molecular formula is C24H24N4O2. The summed E-state index contributed by atoms with van der Waals surface area (Å²) < 4.78 is 5.91. The summed E-state index contributed by atoms with van der Waals surface area (Å²) in [6.07, 6.45) is 6.37. The fourth-order valence-electron chi connectivity index (χ4n) is 3.56. The van der Waals surface area contributed by atoms with E-state index in [1.807, 2.05) is 48.7 Å². The molecule has 0 saturated carbocycles. The maximum absolute atomic E-state index is 11.2. The average Bonchev–Trinajstić information content (AvgIpc) is 3.15. The third-order valence-electron chi connectivity index (χ3n) is 4.97. The van der Waals surface area contributed by atoms with E-state index in [1.54, 1.807) is 12.4 Å². The van der Waals surface area contributed by atoms with Crippen molar-refractivity contribution >= 4 is 16.8 Å². The first kappa shape index (κ1) is 19.7. The van der Waals surface area contributed by atoms with Crippen molar-refractivity contribution in [2.45, 2.75) is 18.9 Å². The maximum atomic E-state index is 11.2. The van der Waals surface area contributed by atoms with Crippen LogP contribution in [-0.4, -0.2) is 28.5 Å². The summed E-state index contributed by atoms with van der Waals surface area (Å²) in [7, 11) is 0. The molecule has 6 nitrogen and oxygen atoms in total. The number of nitrogens with one attached hydrogen (secondary N) is 1. The third kappa shape index (κ3) is 4.67. The van der Waals surface area contributed by atoms with E-state index in [-0.39, 0.29) is 18.4 Å². The van der Waals surface area contributed by atoms with E-state index in [9.17, 15) is 4.79 Å². The number of nitrogens with zero attached hydrogens (tertiary/aromatic N) is 1. The van der Waals surface area contributed by atoms with Crippen LogP contribution in [0.2, 0.25) is 0 Å². The van der Waals surface area contributed by atoms with Crippen molar-refractivity contribution in [1.29, 1.82) is 0 Å². The Balaban J connectivity index is 1.41. The Morgan fingerprint density at radius 1 is 1.07 bits per heavy atom. The van der Waals surface area contributed by atoms with Crippen LogP contribution in [0, 0.1) is 0 Å². The number of primary amides is 1. The number of hydrogen-bond acceptors (Lipinski definition) is 4. The fourth-order valence-corrected chi connectivity index (χ4v) is 3.56. The Bertz CT molecular complexity index is 1170. The highest BCUT2D eigenvalue weighted by molar-refractivity contribution is 5.83. The first-order valence-electron chi connectivity index (χ1n) is 9.84. The minimum Gasteiger partial charge on any atom is -0.490 e. The van der Waals surface area contributed by atoms with Crippen molar-refractivity contribution in [2.75, 3.05) is 6.61 Å². The van der Waals surface area contributed by atoms with Gasteiger partial charge in [-0.1, -0.05) is 42.5 Å². The standard InChI is InChI=1S/C24H24N4O2/c25-20(10-19-13-28-23-7-2-1-6-22(19)23)15-30-21-11-18(12-27-14-21)17-5-3-4-16(8-17)9-24(26)29/h1-8,11-14,20,28H,9-10,15,25H2,(H2,26,29)/t20-/m0/s1. The number of hydrogen-bond donors (Lipinski definition) is 3. The van der Waals surface area contributed by atoms with Crippen LogP contribution >= 0.6 is 0 Å². The number of amides is 1. The van der Waals surface area contributed by atoms with E-state index >= 15 is 0 Å². The molecule has 5 N–H and O–H groups in total. The molecule has 1 atom stereocenters. The van der Waals surface area contributed by atoms with Gasteiger partial charge in [0, 0.05) is 34.9 Å². The molecule has 0 radical (unpaired) electrons. The van der Waals surface area contributed by atoms with Gasteiger partial charge in [0.05, 0.1) is 12.6 Å². The van der Waals surface area contributed by atoms with E-state index in [0.717, 1.165) is 22.2 Å². The van der Waals surface area contributed by atoms with Crippen LogP contribution in [0.25, 0.3) is 22.0 Å². The molecule has 30 heavy (non-hydrogen) atoms. The predicted molar refractivity (Wildman–Crippen MR) is 118 cm³/mol. The number of carbonyl (C=O) groups is 1. The number of aromatic nitrogens is 2. The molecule has 2 aromatic carbocycles. The van der Waals surface area contributed by atoms with Gasteiger partial charge in [-0.3, -0.25) is 9.78 Å². The molecule has 1 amide bonds. The summed E-state index contributed by atoms with van der Waals surface area (Å²) in [6, 6.07) is 17.6. The molecule has 0 bridgehead atoms. The topological polar surface area (TPSA) is 107 Å². The van der Waals surface area contributed by atoms with Crippen molar-refractivity contribution in [3.05, 3.63) is 84.3 Å². The van der Waals surface area contributed by atoms with E-state index in [0.29, 0.717) is 18.8 Å². The summed E-state index contributed by atoms with van der Waals surface area (Å²) in [5.41, 5.74) is 16.6. The van der Waals surface area contributed by atoms with Gasteiger partial charge in [0.15, 0.2) is 0 Å². The number of carbonyl (C=O) groups excluding carboxylic acids is 1. The number of fused-ring (bicyclic) bond motifs is 1. The number of rotatable bonds is 8. The number of aromatic amines is 1. The van der Waals surface area contributed by atoms with Crippen LogP contribution in [0.5, 0.6) is 5.75 Å². The Kier molecular flexibility index (Phi) is 5.77. The van der Waals surface area contributed by atoms with E-state index in [1.165, 1.54) is 10.9 Å². The van der Waals surface area contributed by atoms with Gasteiger partial charge >= 0.3 is 0 Å². The molecule has 0 spiro atoms. The summed E-state index contributed by atoms with van der Waals surface area (Å²) in [5.74, 6) is 0.300. The second kappa shape index (κ2) is 8.80. The zero-order valence-electron chi connectivity index (χ0n) is 16.5. The molecule has 4 rings (SSSR count). The molecule has 0 saturated heterocycles. The molecule has 6 heteroatoms. The number of para-hydroxylation sites is 1. The van der Waals surface area contributed by atoms with Gasteiger partial charge in [-0.25, -0.2) is 0 Å². The van der Waals surface area contributed by atoms with E-state index in [2.05, 4.69) is 22.1 Å². The van der Waals surface area contributed by atoms with E-state index < -0.39 is 0 Å². The molecular weight excluding hydrogens is 376 g/mol. The van der Waals surface area contributed by atoms with Gasteiger partial charge < -0.3 is 21.2 Å². The lowest BCUT2D eigenvalue weighted by molar-refractivity contribution is -0.117. The van der Waals surface area contributed by atoms with Gasteiger partial charge in [0.2, 0.25) is 5.91 Å². The number of nitrogens with two attached hydrogens (primary N) is 2. The molecule has 0 unspecified atom stereocenters. The zero-order chi connectivity index (χ0) is 20.9. The number of pyridine rings is 1. The number of ether oxygens (including phenoxy) is 1. The highest BCUT2D eigenvalue weighted by Crippen LogP contribution is 2.24.